The van der Waals surface area contributed by atoms with Crippen molar-refractivity contribution in [1.29, 1.82) is 0 Å². The Morgan fingerprint density at radius 2 is 2.41 bits per heavy atom. The highest BCUT2D eigenvalue weighted by molar-refractivity contribution is 5.54. The van der Waals surface area contributed by atoms with Crippen molar-refractivity contribution in [3.05, 3.63) is 28.0 Å². The normalized spacial score (nSPS) is 10.5. The van der Waals surface area contributed by atoms with Crippen LogP contribution in [-0.2, 0) is 13.6 Å². The van der Waals surface area contributed by atoms with Crippen LogP contribution in [0.1, 0.15) is 11.7 Å². The predicted molar refractivity (Wildman–Crippen MR) is 56.2 cm³/mol. The van der Waals surface area contributed by atoms with Gasteiger partial charge in [0.1, 0.15) is 6.20 Å². The first-order chi connectivity index (χ1) is 8.06. The van der Waals surface area contributed by atoms with E-state index < -0.39 is 4.92 Å². The summed E-state index contributed by atoms with van der Waals surface area (Å²) in [5, 5.41) is 21.1. The maximum atomic E-state index is 10.7. The van der Waals surface area contributed by atoms with Gasteiger partial charge in [-0.15, -0.1) is 5.10 Å². The Kier molecular flexibility index (Phi) is 2.73. The van der Waals surface area contributed by atoms with Crippen LogP contribution >= 0.6 is 0 Å². The summed E-state index contributed by atoms with van der Waals surface area (Å²) in [7, 11) is 1.61. The Morgan fingerprint density at radius 1 is 1.65 bits per heavy atom. The third-order valence-electron chi connectivity index (χ3n) is 1.99. The van der Waals surface area contributed by atoms with E-state index in [4.69, 9.17) is 4.52 Å². The molecule has 0 saturated heterocycles. The van der Waals surface area contributed by atoms with Gasteiger partial charge in [0.2, 0.25) is 11.7 Å². The molecular weight excluding hydrogens is 228 g/mol. The van der Waals surface area contributed by atoms with E-state index in [2.05, 4.69) is 20.6 Å². The summed E-state index contributed by atoms with van der Waals surface area (Å²) in [6.45, 7) is 1.88. The van der Waals surface area contributed by atoms with Crippen LogP contribution in [0, 0.1) is 17.0 Å². The van der Waals surface area contributed by atoms with Gasteiger partial charge in [-0.1, -0.05) is 5.16 Å². The Bertz CT molecular complexity index is 545. The number of nitrogens with one attached hydrogen (secondary N) is 1. The van der Waals surface area contributed by atoms with Crippen molar-refractivity contribution < 1.29 is 9.45 Å². The summed E-state index contributed by atoms with van der Waals surface area (Å²) in [4.78, 5) is 14.2. The zero-order chi connectivity index (χ0) is 12.4. The van der Waals surface area contributed by atoms with Gasteiger partial charge in [0.15, 0.2) is 5.82 Å². The second-order valence-corrected chi connectivity index (χ2v) is 3.38. The molecule has 0 amide bonds. The quantitative estimate of drug-likeness (QED) is 0.614. The van der Waals surface area contributed by atoms with Crippen molar-refractivity contribution >= 4 is 11.5 Å². The van der Waals surface area contributed by atoms with Gasteiger partial charge >= 0.3 is 5.69 Å². The van der Waals surface area contributed by atoms with Crippen molar-refractivity contribution in [2.45, 2.75) is 13.5 Å². The molecule has 0 aliphatic carbocycles. The number of anilines is 1. The highest BCUT2D eigenvalue weighted by atomic mass is 16.6. The first-order valence-corrected chi connectivity index (χ1v) is 4.77. The number of hydrogen-bond acceptors (Lipinski definition) is 7. The van der Waals surface area contributed by atoms with E-state index in [0.717, 1.165) is 0 Å². The Hall–Kier alpha value is -2.45. The van der Waals surface area contributed by atoms with Crippen LogP contribution in [0.5, 0.6) is 0 Å². The summed E-state index contributed by atoms with van der Waals surface area (Å²) >= 11 is 0. The number of aromatic nitrogens is 4. The summed E-state index contributed by atoms with van der Waals surface area (Å²) in [6.07, 6.45) is 1.32. The number of nitro groups is 1. The average molecular weight is 238 g/mol. The van der Waals surface area contributed by atoms with Crippen molar-refractivity contribution in [3.63, 3.8) is 0 Å². The first-order valence-electron chi connectivity index (χ1n) is 4.77. The molecule has 0 fully saturated rings. The third kappa shape index (κ3) is 2.38. The van der Waals surface area contributed by atoms with Crippen LogP contribution in [0.3, 0.4) is 0 Å². The molecule has 2 rings (SSSR count). The number of aryl methyl sites for hydroxylation is 2. The minimum Gasteiger partial charge on any atom is -0.355 e. The Balaban J connectivity index is 2.11. The summed E-state index contributed by atoms with van der Waals surface area (Å²) < 4.78 is 6.14. The standard InChI is InChI=1S/C8H10N6O3/c1-5-10-7(12-17-5)3-9-8-6(14(15)16)4-13(2)11-8/h4H,3H2,1-2H3,(H,9,11). The minimum absolute atomic E-state index is 0.0901. The van der Waals surface area contributed by atoms with Crippen LogP contribution in [-0.4, -0.2) is 24.8 Å². The molecule has 9 nitrogen and oxygen atoms in total. The van der Waals surface area contributed by atoms with E-state index in [-0.39, 0.29) is 18.1 Å². The van der Waals surface area contributed by atoms with Crippen molar-refractivity contribution in [1.82, 2.24) is 19.9 Å². The minimum atomic E-state index is -0.503. The van der Waals surface area contributed by atoms with Crippen LogP contribution in [0.25, 0.3) is 0 Å². The second-order valence-electron chi connectivity index (χ2n) is 3.38. The lowest BCUT2D eigenvalue weighted by molar-refractivity contribution is -0.384. The molecule has 2 heterocycles. The molecule has 2 aromatic heterocycles. The molecule has 0 aliphatic heterocycles. The van der Waals surface area contributed by atoms with Gasteiger partial charge in [-0.25, -0.2) is 0 Å². The predicted octanol–water partition coefficient (Wildman–Crippen LogP) is 0.632. The van der Waals surface area contributed by atoms with Crippen LogP contribution in [0.4, 0.5) is 11.5 Å². The fourth-order valence-electron chi connectivity index (χ4n) is 1.31. The van der Waals surface area contributed by atoms with E-state index in [1.54, 1.807) is 14.0 Å². The highest BCUT2D eigenvalue weighted by Crippen LogP contribution is 2.21. The van der Waals surface area contributed by atoms with Crippen molar-refractivity contribution in [2.24, 2.45) is 7.05 Å². The van der Waals surface area contributed by atoms with E-state index in [1.807, 2.05) is 0 Å². The number of hydrogen-bond donors (Lipinski definition) is 1. The first kappa shape index (κ1) is 11.0. The molecule has 0 spiro atoms. The lowest BCUT2D eigenvalue weighted by Gasteiger charge is -1.97. The van der Waals surface area contributed by atoms with E-state index in [1.165, 1.54) is 10.9 Å². The molecule has 0 aromatic carbocycles. The Labute approximate surface area is 95.6 Å². The van der Waals surface area contributed by atoms with E-state index in [9.17, 15) is 10.1 Å². The number of nitrogens with zero attached hydrogens (tertiary/aromatic N) is 5. The fraction of sp³-hybridized carbons (Fsp3) is 0.375. The van der Waals surface area contributed by atoms with Crippen LogP contribution in [0.2, 0.25) is 0 Å². The van der Waals surface area contributed by atoms with Gasteiger partial charge in [0.25, 0.3) is 0 Å². The van der Waals surface area contributed by atoms with E-state index in [0.29, 0.717) is 11.7 Å². The summed E-state index contributed by atoms with van der Waals surface area (Å²) in [5.41, 5.74) is -0.0901. The van der Waals surface area contributed by atoms with Gasteiger partial charge < -0.3 is 9.84 Å². The van der Waals surface area contributed by atoms with E-state index >= 15 is 0 Å². The molecule has 1 N–H and O–H groups in total. The lowest BCUT2D eigenvalue weighted by atomic mass is 10.5. The molecular formula is C8H10N6O3. The van der Waals surface area contributed by atoms with Gasteiger partial charge in [0.05, 0.1) is 11.5 Å². The zero-order valence-corrected chi connectivity index (χ0v) is 9.25. The monoisotopic (exact) mass is 238 g/mol. The topological polar surface area (TPSA) is 112 Å². The van der Waals surface area contributed by atoms with Gasteiger partial charge in [-0.3, -0.25) is 14.8 Å². The molecule has 0 unspecified atom stereocenters. The SMILES string of the molecule is Cc1nc(CNc2nn(C)cc2[N+](=O)[O-])no1. The molecule has 0 bridgehead atoms. The largest absolute Gasteiger partial charge is 0.355 e. The molecule has 9 heteroatoms. The maximum absolute atomic E-state index is 10.7. The molecule has 2 aromatic rings. The zero-order valence-electron chi connectivity index (χ0n) is 9.25. The fourth-order valence-corrected chi connectivity index (χ4v) is 1.31. The molecule has 0 saturated carbocycles. The van der Waals surface area contributed by atoms with Crippen LogP contribution < -0.4 is 5.32 Å². The molecule has 0 aliphatic rings. The second kappa shape index (κ2) is 4.20. The van der Waals surface area contributed by atoms with Crippen molar-refractivity contribution in [2.75, 3.05) is 5.32 Å². The third-order valence-corrected chi connectivity index (χ3v) is 1.99. The summed E-state index contributed by atoms with van der Waals surface area (Å²) in [5.74, 6) is 1.04. The maximum Gasteiger partial charge on any atom is 0.330 e. The molecule has 0 radical (unpaired) electrons. The Morgan fingerprint density at radius 3 is 3.00 bits per heavy atom. The molecule has 0 atom stereocenters. The lowest BCUT2D eigenvalue weighted by Crippen LogP contribution is -2.04. The van der Waals surface area contributed by atoms with Crippen molar-refractivity contribution in [3.8, 4) is 0 Å². The van der Waals surface area contributed by atoms with Crippen LogP contribution in [0.15, 0.2) is 10.7 Å². The van der Waals surface area contributed by atoms with Gasteiger partial charge in [0, 0.05) is 14.0 Å². The smallest absolute Gasteiger partial charge is 0.330 e. The summed E-state index contributed by atoms with van der Waals surface area (Å²) in [6, 6.07) is 0. The molecule has 17 heavy (non-hydrogen) atoms. The van der Waals surface area contributed by atoms with Gasteiger partial charge in [-0.2, -0.15) is 4.98 Å². The highest BCUT2D eigenvalue weighted by Gasteiger charge is 2.18. The molecule has 90 valence electrons. The van der Waals surface area contributed by atoms with Gasteiger partial charge in [-0.05, 0) is 0 Å². The number of rotatable bonds is 4. The average Bonchev–Trinajstić information content (AvgIpc) is 2.82.